The summed E-state index contributed by atoms with van der Waals surface area (Å²) in [5, 5.41) is 7.08. The summed E-state index contributed by atoms with van der Waals surface area (Å²) in [5.41, 5.74) is 1.97. The quantitative estimate of drug-likeness (QED) is 0.922. The Morgan fingerprint density at radius 1 is 1.38 bits per heavy atom. The number of nitrogens with one attached hydrogen (secondary N) is 1. The van der Waals surface area contributed by atoms with Gasteiger partial charge in [-0.1, -0.05) is 6.07 Å². The fourth-order valence-corrected chi connectivity index (χ4v) is 3.52. The molecule has 2 aromatic rings. The van der Waals surface area contributed by atoms with E-state index in [4.69, 9.17) is 4.74 Å². The number of amides is 1. The minimum atomic E-state index is -0.0921. The number of hydrogen-bond acceptors (Lipinski definition) is 5. The number of rotatable bonds is 4. The molecule has 126 valence electrons. The van der Waals surface area contributed by atoms with Gasteiger partial charge in [0.15, 0.2) is 6.61 Å². The van der Waals surface area contributed by atoms with Crippen LogP contribution in [0.2, 0.25) is 0 Å². The van der Waals surface area contributed by atoms with Crippen LogP contribution < -0.4 is 10.1 Å². The number of carbonyl (C=O) groups excluding carboxylic acids is 1. The first-order chi connectivity index (χ1) is 11.8. The van der Waals surface area contributed by atoms with Gasteiger partial charge in [-0.3, -0.25) is 14.4 Å². The molecule has 1 aromatic heterocycles. The molecule has 24 heavy (non-hydrogen) atoms. The van der Waals surface area contributed by atoms with Crippen LogP contribution in [0, 0.1) is 5.92 Å². The summed E-state index contributed by atoms with van der Waals surface area (Å²) < 4.78 is 7.33. The first kappa shape index (κ1) is 15.1. The summed E-state index contributed by atoms with van der Waals surface area (Å²) in [5.74, 6) is 1.26. The molecule has 1 atom stereocenters. The topological polar surface area (TPSA) is 72.3 Å². The monoisotopic (exact) mass is 327 g/mol. The average Bonchev–Trinajstić information content (AvgIpc) is 3.08. The smallest absolute Gasteiger partial charge is 0.262 e. The molecule has 1 fully saturated rings. The number of anilines is 1. The van der Waals surface area contributed by atoms with Crippen molar-refractivity contribution in [2.45, 2.75) is 25.9 Å². The minimum Gasteiger partial charge on any atom is -0.482 e. The highest BCUT2D eigenvalue weighted by atomic mass is 16.5. The van der Waals surface area contributed by atoms with Crippen molar-refractivity contribution in [1.82, 2.24) is 19.7 Å². The fourth-order valence-electron chi connectivity index (χ4n) is 3.52. The number of piperidine rings is 1. The Bertz CT molecular complexity index is 716. The molecule has 0 aliphatic carbocycles. The predicted molar refractivity (Wildman–Crippen MR) is 88.6 cm³/mol. The van der Waals surface area contributed by atoms with Crippen molar-refractivity contribution in [3.63, 3.8) is 0 Å². The molecule has 1 N–H and O–H groups in total. The third-order valence-corrected chi connectivity index (χ3v) is 4.60. The minimum absolute atomic E-state index is 0.0921. The zero-order valence-corrected chi connectivity index (χ0v) is 13.5. The molecular weight excluding hydrogens is 306 g/mol. The summed E-state index contributed by atoms with van der Waals surface area (Å²) in [4.78, 5) is 17.9. The zero-order valence-electron chi connectivity index (χ0n) is 13.5. The van der Waals surface area contributed by atoms with Crippen molar-refractivity contribution in [2.75, 3.05) is 25.0 Å². The standard InChI is InChI=1S/C17H21N5O2/c23-17-10-24-16-4-3-13(6-15(16)20-17)7-21-5-1-2-14(8-21)9-22-12-18-11-19-22/h3-4,6,11-12,14H,1-2,5,7-10H2,(H,20,23). The van der Waals surface area contributed by atoms with Crippen molar-refractivity contribution in [1.29, 1.82) is 0 Å². The number of aromatic nitrogens is 3. The van der Waals surface area contributed by atoms with Crippen LogP contribution in [0.4, 0.5) is 5.69 Å². The highest BCUT2D eigenvalue weighted by molar-refractivity contribution is 5.95. The van der Waals surface area contributed by atoms with Gasteiger partial charge < -0.3 is 10.1 Å². The molecule has 7 nitrogen and oxygen atoms in total. The Labute approximate surface area is 140 Å². The van der Waals surface area contributed by atoms with Crippen LogP contribution in [0.1, 0.15) is 18.4 Å². The summed E-state index contributed by atoms with van der Waals surface area (Å²) in [6.45, 7) is 4.07. The molecule has 0 spiro atoms. The maximum absolute atomic E-state index is 11.5. The van der Waals surface area contributed by atoms with E-state index in [1.54, 1.807) is 12.7 Å². The molecule has 1 aromatic carbocycles. The van der Waals surface area contributed by atoms with Crippen molar-refractivity contribution in [3.8, 4) is 5.75 Å². The third-order valence-electron chi connectivity index (χ3n) is 4.60. The lowest BCUT2D eigenvalue weighted by atomic mass is 9.97. The van der Waals surface area contributed by atoms with E-state index in [0.717, 1.165) is 37.6 Å². The van der Waals surface area contributed by atoms with Gasteiger partial charge in [-0.05, 0) is 43.0 Å². The predicted octanol–water partition coefficient (Wildman–Crippen LogP) is 1.52. The van der Waals surface area contributed by atoms with Crippen LogP contribution in [-0.4, -0.2) is 45.3 Å². The van der Waals surface area contributed by atoms with Gasteiger partial charge >= 0.3 is 0 Å². The highest BCUT2D eigenvalue weighted by Gasteiger charge is 2.22. The van der Waals surface area contributed by atoms with Crippen molar-refractivity contribution in [3.05, 3.63) is 36.4 Å². The van der Waals surface area contributed by atoms with Gasteiger partial charge in [-0.15, -0.1) is 0 Å². The van der Waals surface area contributed by atoms with E-state index >= 15 is 0 Å². The lowest BCUT2D eigenvalue weighted by Crippen LogP contribution is -2.36. The first-order valence-electron chi connectivity index (χ1n) is 8.36. The molecule has 0 bridgehead atoms. The maximum Gasteiger partial charge on any atom is 0.262 e. The highest BCUT2D eigenvalue weighted by Crippen LogP contribution is 2.29. The first-order valence-corrected chi connectivity index (χ1v) is 8.36. The summed E-state index contributed by atoms with van der Waals surface area (Å²) in [6.07, 6.45) is 5.80. The molecule has 3 heterocycles. The second-order valence-electron chi connectivity index (χ2n) is 6.53. The second-order valence-corrected chi connectivity index (χ2v) is 6.53. The number of nitrogens with zero attached hydrogens (tertiary/aromatic N) is 4. The molecule has 4 rings (SSSR count). The number of carbonyl (C=O) groups is 1. The molecule has 0 saturated carbocycles. The maximum atomic E-state index is 11.5. The van der Waals surface area contributed by atoms with Crippen LogP contribution >= 0.6 is 0 Å². The summed E-state index contributed by atoms with van der Waals surface area (Å²) in [6, 6.07) is 6.05. The van der Waals surface area contributed by atoms with E-state index in [-0.39, 0.29) is 12.5 Å². The molecule has 2 aliphatic heterocycles. The number of hydrogen-bond donors (Lipinski definition) is 1. The van der Waals surface area contributed by atoms with E-state index in [0.29, 0.717) is 5.92 Å². The van der Waals surface area contributed by atoms with Crippen LogP contribution in [0.5, 0.6) is 5.75 Å². The zero-order chi connectivity index (χ0) is 16.4. The van der Waals surface area contributed by atoms with Gasteiger partial charge in [-0.2, -0.15) is 5.10 Å². The lowest BCUT2D eigenvalue weighted by molar-refractivity contribution is -0.118. The summed E-state index contributed by atoms with van der Waals surface area (Å²) in [7, 11) is 0. The Hall–Kier alpha value is -2.41. The molecule has 0 radical (unpaired) electrons. The average molecular weight is 327 g/mol. The number of likely N-dealkylation sites (tertiary alicyclic amines) is 1. The number of benzene rings is 1. The fraction of sp³-hybridized carbons (Fsp3) is 0.471. The second kappa shape index (κ2) is 6.60. The van der Waals surface area contributed by atoms with Crippen molar-refractivity contribution in [2.24, 2.45) is 5.92 Å². The van der Waals surface area contributed by atoms with Gasteiger partial charge in [-0.25, -0.2) is 4.98 Å². The van der Waals surface area contributed by atoms with Gasteiger partial charge in [0.2, 0.25) is 0 Å². The molecule has 2 aliphatic rings. The Morgan fingerprint density at radius 2 is 2.33 bits per heavy atom. The molecule has 1 amide bonds. The molecule has 1 saturated heterocycles. The molecular formula is C17H21N5O2. The number of ether oxygens (including phenoxy) is 1. The molecule has 1 unspecified atom stereocenters. The Kier molecular flexibility index (Phi) is 4.17. The van der Waals surface area contributed by atoms with Gasteiger partial charge in [0, 0.05) is 19.6 Å². The van der Waals surface area contributed by atoms with Gasteiger partial charge in [0.05, 0.1) is 5.69 Å². The van der Waals surface area contributed by atoms with Crippen LogP contribution in [-0.2, 0) is 17.9 Å². The largest absolute Gasteiger partial charge is 0.482 e. The normalized spacial score (nSPS) is 21.0. The molecule has 7 heteroatoms. The summed E-state index contributed by atoms with van der Waals surface area (Å²) >= 11 is 0. The van der Waals surface area contributed by atoms with E-state index < -0.39 is 0 Å². The van der Waals surface area contributed by atoms with E-state index in [1.165, 1.54) is 18.4 Å². The number of fused-ring (bicyclic) bond motifs is 1. The Morgan fingerprint density at radius 3 is 3.21 bits per heavy atom. The van der Waals surface area contributed by atoms with Crippen LogP contribution in [0.15, 0.2) is 30.9 Å². The van der Waals surface area contributed by atoms with E-state index in [2.05, 4.69) is 26.4 Å². The lowest BCUT2D eigenvalue weighted by Gasteiger charge is -2.32. The van der Waals surface area contributed by atoms with Gasteiger partial charge in [0.1, 0.15) is 18.4 Å². The van der Waals surface area contributed by atoms with E-state index in [1.807, 2.05) is 16.8 Å². The van der Waals surface area contributed by atoms with Crippen LogP contribution in [0.25, 0.3) is 0 Å². The van der Waals surface area contributed by atoms with Crippen molar-refractivity contribution >= 4 is 11.6 Å². The van der Waals surface area contributed by atoms with Crippen molar-refractivity contribution < 1.29 is 9.53 Å². The van der Waals surface area contributed by atoms with Gasteiger partial charge in [0.25, 0.3) is 5.91 Å². The van der Waals surface area contributed by atoms with Crippen LogP contribution in [0.3, 0.4) is 0 Å². The third kappa shape index (κ3) is 3.41. The Balaban J connectivity index is 1.39. The SMILES string of the molecule is O=C1COc2ccc(CN3CCCC(Cn4cncn4)C3)cc2N1. The van der Waals surface area contributed by atoms with E-state index in [9.17, 15) is 4.79 Å².